The van der Waals surface area contributed by atoms with Crippen molar-refractivity contribution in [3.05, 3.63) is 23.8 Å². The van der Waals surface area contributed by atoms with Gasteiger partial charge in [-0.2, -0.15) is 8.78 Å². The summed E-state index contributed by atoms with van der Waals surface area (Å²) in [6, 6.07) is 6.10. The molecule has 2 N–H and O–H groups in total. The molecular formula is C19H28F2N2O3. The fourth-order valence-corrected chi connectivity index (χ4v) is 4.05. The Bertz CT molecular complexity index is 568. The van der Waals surface area contributed by atoms with Gasteiger partial charge in [0.15, 0.2) is 11.5 Å². The lowest BCUT2D eigenvalue weighted by Crippen LogP contribution is -2.51. The van der Waals surface area contributed by atoms with E-state index in [-0.39, 0.29) is 5.75 Å². The highest BCUT2D eigenvalue weighted by Crippen LogP contribution is 2.31. The molecule has 5 nitrogen and oxygen atoms in total. The molecule has 0 amide bonds. The van der Waals surface area contributed by atoms with Crippen molar-refractivity contribution in [2.24, 2.45) is 5.92 Å². The molecule has 2 aliphatic rings. The van der Waals surface area contributed by atoms with E-state index in [1.165, 1.54) is 26.4 Å². The number of morpholine rings is 1. The quantitative estimate of drug-likeness (QED) is 0.737. The minimum absolute atomic E-state index is 0.0855. The molecule has 0 bridgehead atoms. The predicted molar refractivity (Wildman–Crippen MR) is 95.1 cm³/mol. The van der Waals surface area contributed by atoms with E-state index in [1.54, 1.807) is 12.1 Å². The lowest BCUT2D eigenvalue weighted by atomic mass is 9.94. The molecule has 1 aliphatic carbocycles. The van der Waals surface area contributed by atoms with E-state index in [2.05, 4.69) is 15.4 Å². The molecule has 1 aliphatic heterocycles. The minimum atomic E-state index is -2.86. The molecule has 0 radical (unpaired) electrons. The van der Waals surface area contributed by atoms with Gasteiger partial charge in [0.2, 0.25) is 0 Å². The van der Waals surface area contributed by atoms with Gasteiger partial charge in [0.25, 0.3) is 0 Å². The second kappa shape index (κ2) is 9.48. The number of rotatable bonds is 8. The lowest BCUT2D eigenvalue weighted by molar-refractivity contribution is -0.0512. The van der Waals surface area contributed by atoms with Crippen LogP contribution in [0.15, 0.2) is 18.2 Å². The van der Waals surface area contributed by atoms with Crippen LogP contribution in [0.5, 0.6) is 11.5 Å². The van der Waals surface area contributed by atoms with Crippen LogP contribution in [0.2, 0.25) is 0 Å². The molecule has 0 spiro atoms. The highest BCUT2D eigenvalue weighted by molar-refractivity contribution is 5.43. The summed E-state index contributed by atoms with van der Waals surface area (Å²) >= 11 is 0. The number of benzene rings is 1. The van der Waals surface area contributed by atoms with Crippen molar-refractivity contribution in [2.45, 2.75) is 44.4 Å². The van der Waals surface area contributed by atoms with Gasteiger partial charge in [0, 0.05) is 18.6 Å². The highest BCUT2D eigenvalue weighted by Gasteiger charge is 2.34. The fourth-order valence-electron chi connectivity index (χ4n) is 4.05. The largest absolute Gasteiger partial charge is 0.493 e. The monoisotopic (exact) mass is 370 g/mol. The predicted octanol–water partition coefficient (Wildman–Crippen LogP) is 2.59. The number of methoxy groups -OCH3 is 1. The first-order chi connectivity index (χ1) is 12.7. The summed E-state index contributed by atoms with van der Waals surface area (Å²) < 4.78 is 40.3. The van der Waals surface area contributed by atoms with E-state index in [0.29, 0.717) is 23.8 Å². The van der Waals surface area contributed by atoms with Crippen molar-refractivity contribution in [2.75, 3.05) is 33.4 Å². The third-order valence-electron chi connectivity index (χ3n) is 5.30. The van der Waals surface area contributed by atoms with Gasteiger partial charge in [-0.15, -0.1) is 0 Å². The standard InChI is InChI=1S/C19H28F2N2O3/c1-24-17-6-5-13(11-18(17)26-19(20)21)7-8-22-15-4-2-3-14(15)16-12-25-10-9-23-16/h5-6,11,14-16,19,22-23H,2-4,7-10,12H2,1H3. The van der Waals surface area contributed by atoms with Crippen molar-refractivity contribution >= 4 is 0 Å². The number of alkyl halides is 2. The van der Waals surface area contributed by atoms with Crippen LogP contribution in [0.25, 0.3) is 0 Å². The topological polar surface area (TPSA) is 51.8 Å². The Kier molecular flexibility index (Phi) is 7.05. The molecule has 146 valence electrons. The van der Waals surface area contributed by atoms with Gasteiger partial charge in [0.05, 0.1) is 20.3 Å². The normalized spacial score (nSPS) is 26.2. The van der Waals surface area contributed by atoms with Crippen LogP contribution < -0.4 is 20.1 Å². The zero-order valence-electron chi connectivity index (χ0n) is 15.2. The van der Waals surface area contributed by atoms with Gasteiger partial charge in [-0.05, 0) is 49.4 Å². The molecule has 0 aromatic heterocycles. The van der Waals surface area contributed by atoms with E-state index >= 15 is 0 Å². The first-order valence-electron chi connectivity index (χ1n) is 9.33. The summed E-state index contributed by atoms with van der Waals surface area (Å²) in [6.45, 7) is 0.445. The molecule has 7 heteroatoms. The van der Waals surface area contributed by atoms with E-state index in [9.17, 15) is 8.78 Å². The fraction of sp³-hybridized carbons (Fsp3) is 0.684. The van der Waals surface area contributed by atoms with Crippen molar-refractivity contribution < 1.29 is 23.0 Å². The van der Waals surface area contributed by atoms with Gasteiger partial charge >= 0.3 is 6.61 Å². The molecule has 1 heterocycles. The molecular weight excluding hydrogens is 342 g/mol. The van der Waals surface area contributed by atoms with Crippen LogP contribution in [-0.2, 0) is 11.2 Å². The van der Waals surface area contributed by atoms with Gasteiger partial charge in [-0.1, -0.05) is 12.5 Å². The number of halogens is 2. The Hall–Kier alpha value is -1.44. The van der Waals surface area contributed by atoms with Gasteiger partial charge in [-0.3, -0.25) is 0 Å². The zero-order chi connectivity index (χ0) is 18.4. The van der Waals surface area contributed by atoms with Gasteiger partial charge in [0.1, 0.15) is 0 Å². The third kappa shape index (κ3) is 5.05. The number of nitrogens with one attached hydrogen (secondary N) is 2. The smallest absolute Gasteiger partial charge is 0.387 e. The van der Waals surface area contributed by atoms with Gasteiger partial charge in [-0.25, -0.2) is 0 Å². The van der Waals surface area contributed by atoms with Crippen LogP contribution in [0.1, 0.15) is 24.8 Å². The van der Waals surface area contributed by atoms with E-state index in [1.807, 2.05) is 6.07 Å². The SMILES string of the molecule is COc1ccc(CCNC2CCCC2C2COCCN2)cc1OC(F)F. The molecule has 3 rings (SSSR count). The molecule has 1 aromatic carbocycles. The summed E-state index contributed by atoms with van der Waals surface area (Å²) in [7, 11) is 1.44. The molecule has 1 aromatic rings. The van der Waals surface area contributed by atoms with E-state index < -0.39 is 6.61 Å². The molecule has 3 unspecified atom stereocenters. The Balaban J connectivity index is 1.52. The molecule has 26 heavy (non-hydrogen) atoms. The van der Waals surface area contributed by atoms with Crippen LogP contribution in [0, 0.1) is 5.92 Å². The maximum absolute atomic E-state index is 12.5. The van der Waals surface area contributed by atoms with E-state index in [4.69, 9.17) is 9.47 Å². The second-order valence-corrected chi connectivity index (χ2v) is 6.90. The zero-order valence-corrected chi connectivity index (χ0v) is 15.2. The maximum atomic E-state index is 12.5. The van der Waals surface area contributed by atoms with Crippen LogP contribution in [-0.4, -0.2) is 52.1 Å². The van der Waals surface area contributed by atoms with Gasteiger partial charge < -0.3 is 24.8 Å². The van der Waals surface area contributed by atoms with Crippen LogP contribution in [0.3, 0.4) is 0 Å². The third-order valence-corrected chi connectivity index (χ3v) is 5.30. The Morgan fingerprint density at radius 3 is 2.92 bits per heavy atom. The highest BCUT2D eigenvalue weighted by atomic mass is 19.3. The second-order valence-electron chi connectivity index (χ2n) is 6.90. The minimum Gasteiger partial charge on any atom is -0.493 e. The van der Waals surface area contributed by atoms with Crippen molar-refractivity contribution in [1.29, 1.82) is 0 Å². The molecule has 1 saturated carbocycles. The molecule has 3 atom stereocenters. The average molecular weight is 370 g/mol. The maximum Gasteiger partial charge on any atom is 0.387 e. The number of ether oxygens (including phenoxy) is 3. The summed E-state index contributed by atoms with van der Waals surface area (Å²) in [5, 5.41) is 7.22. The summed E-state index contributed by atoms with van der Waals surface area (Å²) in [5.74, 6) is 0.993. The first-order valence-corrected chi connectivity index (χ1v) is 9.33. The Morgan fingerprint density at radius 1 is 1.31 bits per heavy atom. The molecule has 1 saturated heterocycles. The van der Waals surface area contributed by atoms with Crippen LogP contribution >= 0.6 is 0 Å². The van der Waals surface area contributed by atoms with Crippen LogP contribution in [0.4, 0.5) is 8.78 Å². The summed E-state index contributed by atoms with van der Waals surface area (Å²) in [5.41, 5.74) is 0.947. The van der Waals surface area contributed by atoms with Crippen molar-refractivity contribution in [3.63, 3.8) is 0 Å². The average Bonchev–Trinajstić information content (AvgIpc) is 3.11. The van der Waals surface area contributed by atoms with Crippen molar-refractivity contribution in [3.8, 4) is 11.5 Å². The van der Waals surface area contributed by atoms with E-state index in [0.717, 1.165) is 38.3 Å². The Labute approximate surface area is 153 Å². The number of hydrogen-bond donors (Lipinski definition) is 2. The first kappa shape index (κ1) is 19.3. The molecule has 2 fully saturated rings. The number of hydrogen-bond acceptors (Lipinski definition) is 5. The summed E-state index contributed by atoms with van der Waals surface area (Å²) in [6.07, 6.45) is 4.37. The van der Waals surface area contributed by atoms with Crippen molar-refractivity contribution in [1.82, 2.24) is 10.6 Å². The lowest BCUT2D eigenvalue weighted by Gasteiger charge is -2.33. The summed E-state index contributed by atoms with van der Waals surface area (Å²) in [4.78, 5) is 0. The Morgan fingerprint density at radius 2 is 2.19 bits per heavy atom.